The molecule has 180 valence electrons. The van der Waals surface area contributed by atoms with Crippen LogP contribution in [0.2, 0.25) is 0 Å². The van der Waals surface area contributed by atoms with Gasteiger partial charge in [-0.1, -0.05) is 6.07 Å². The Hall–Kier alpha value is -1.91. The number of anilines is 1. The molecule has 8 nitrogen and oxygen atoms in total. The van der Waals surface area contributed by atoms with Crippen molar-refractivity contribution in [3.8, 4) is 0 Å². The molecule has 32 heavy (non-hydrogen) atoms. The summed E-state index contributed by atoms with van der Waals surface area (Å²) in [6.07, 6.45) is 1.65. The number of carboxylic acid groups (broad SMARTS) is 1. The smallest absolute Gasteiger partial charge is 0.407 e. The summed E-state index contributed by atoms with van der Waals surface area (Å²) in [6, 6.07) is 5.40. The largest absolute Gasteiger partial charge is 0.465 e. The minimum Gasteiger partial charge on any atom is -0.465 e. The van der Waals surface area contributed by atoms with Crippen LogP contribution in [-0.2, 0) is 16.6 Å². The number of benzene rings is 1. The summed E-state index contributed by atoms with van der Waals surface area (Å²) in [4.78, 5) is 16.9. The first kappa shape index (κ1) is 24.7. The lowest BCUT2D eigenvalue weighted by Gasteiger charge is -2.46. The number of hydrogen-bond acceptors (Lipinski definition) is 5. The van der Waals surface area contributed by atoms with Gasteiger partial charge in [0.1, 0.15) is 5.82 Å². The van der Waals surface area contributed by atoms with Crippen molar-refractivity contribution in [2.45, 2.75) is 51.7 Å². The van der Waals surface area contributed by atoms with Gasteiger partial charge in [0.2, 0.25) is 10.0 Å². The van der Waals surface area contributed by atoms with Crippen molar-refractivity contribution in [2.24, 2.45) is 0 Å². The van der Waals surface area contributed by atoms with Crippen LogP contribution in [0.1, 0.15) is 39.2 Å². The maximum Gasteiger partial charge on any atom is 0.407 e. The SMILES string of the molecule is CC(C)(C)N(c1ccc(CN2CCN(S(C)(=O)=O)CC2)cc1F)C1CCN(C(=O)O)CC1. The van der Waals surface area contributed by atoms with Crippen LogP contribution in [0.15, 0.2) is 18.2 Å². The van der Waals surface area contributed by atoms with Gasteiger partial charge in [-0.3, -0.25) is 4.90 Å². The third kappa shape index (κ3) is 5.90. The van der Waals surface area contributed by atoms with E-state index in [0.29, 0.717) is 64.3 Å². The van der Waals surface area contributed by atoms with Crippen molar-refractivity contribution in [1.82, 2.24) is 14.1 Å². The molecule has 0 atom stereocenters. The van der Waals surface area contributed by atoms with Crippen LogP contribution in [0.25, 0.3) is 0 Å². The van der Waals surface area contributed by atoms with Crippen molar-refractivity contribution in [1.29, 1.82) is 0 Å². The lowest BCUT2D eigenvalue weighted by Crippen LogP contribution is -2.53. The molecule has 0 spiro atoms. The Balaban J connectivity index is 1.70. The van der Waals surface area contributed by atoms with Gasteiger partial charge in [-0.25, -0.2) is 17.6 Å². The molecule has 1 N–H and O–H groups in total. The predicted octanol–water partition coefficient (Wildman–Crippen LogP) is 2.65. The highest BCUT2D eigenvalue weighted by molar-refractivity contribution is 7.88. The summed E-state index contributed by atoms with van der Waals surface area (Å²) < 4.78 is 40.1. The Morgan fingerprint density at radius 1 is 1.12 bits per heavy atom. The number of carbonyl (C=O) groups is 1. The molecule has 0 aromatic heterocycles. The van der Waals surface area contributed by atoms with E-state index in [9.17, 15) is 18.3 Å². The van der Waals surface area contributed by atoms with Crippen molar-refractivity contribution < 1.29 is 22.7 Å². The number of hydrogen-bond donors (Lipinski definition) is 1. The maximum atomic E-state index is 15.3. The van der Waals surface area contributed by atoms with Gasteiger partial charge in [0.05, 0.1) is 11.9 Å². The Morgan fingerprint density at radius 3 is 2.19 bits per heavy atom. The molecule has 2 aliphatic heterocycles. The maximum absolute atomic E-state index is 15.3. The lowest BCUT2D eigenvalue weighted by molar-refractivity contribution is 0.130. The minimum absolute atomic E-state index is 0.0648. The van der Waals surface area contributed by atoms with Gasteiger partial charge in [0.25, 0.3) is 0 Å². The van der Waals surface area contributed by atoms with Gasteiger partial charge < -0.3 is 14.9 Å². The zero-order valence-electron chi connectivity index (χ0n) is 19.4. The fraction of sp³-hybridized carbons (Fsp3) is 0.682. The summed E-state index contributed by atoms with van der Waals surface area (Å²) in [5.41, 5.74) is 1.07. The number of rotatable bonds is 5. The number of piperazine rings is 1. The first-order chi connectivity index (χ1) is 14.9. The number of sulfonamides is 1. The highest BCUT2D eigenvalue weighted by Crippen LogP contribution is 2.33. The molecule has 0 saturated carbocycles. The molecule has 0 aliphatic carbocycles. The highest BCUT2D eigenvalue weighted by atomic mass is 32.2. The molecule has 3 rings (SSSR count). The van der Waals surface area contributed by atoms with Gasteiger partial charge in [-0.05, 0) is 51.3 Å². The summed E-state index contributed by atoms with van der Waals surface area (Å²) in [5, 5.41) is 9.22. The van der Waals surface area contributed by atoms with Gasteiger partial charge >= 0.3 is 6.09 Å². The second-order valence-corrected chi connectivity index (χ2v) is 11.7. The molecular formula is C22H35FN4O4S. The molecule has 0 unspecified atom stereocenters. The normalized spacial score (nSPS) is 19.8. The third-order valence-electron chi connectivity index (χ3n) is 6.30. The zero-order valence-corrected chi connectivity index (χ0v) is 20.2. The fourth-order valence-electron chi connectivity index (χ4n) is 4.74. The van der Waals surface area contributed by atoms with E-state index in [2.05, 4.69) is 9.80 Å². The van der Waals surface area contributed by atoms with Gasteiger partial charge in [0, 0.05) is 57.4 Å². The standard InChI is InChI=1S/C22H35FN4O4S/c1-22(2,3)27(18-7-9-25(10-8-18)21(28)29)20-6-5-17(15-19(20)23)16-24-11-13-26(14-12-24)32(4,30)31/h5-6,15,18H,7-14,16H2,1-4H3,(H,28,29). The highest BCUT2D eigenvalue weighted by Gasteiger charge is 2.34. The fourth-order valence-corrected chi connectivity index (χ4v) is 5.57. The van der Waals surface area contributed by atoms with Gasteiger partial charge in [-0.2, -0.15) is 4.31 Å². The number of halogens is 1. The van der Waals surface area contributed by atoms with Crippen molar-refractivity contribution in [3.63, 3.8) is 0 Å². The molecule has 2 saturated heterocycles. The zero-order chi connectivity index (χ0) is 23.7. The second kappa shape index (κ2) is 9.52. The van der Waals surface area contributed by atoms with E-state index >= 15 is 4.39 Å². The number of piperidine rings is 1. The molecule has 1 aromatic carbocycles. The molecule has 2 aliphatic rings. The van der Waals surface area contributed by atoms with E-state index in [4.69, 9.17) is 0 Å². The van der Waals surface area contributed by atoms with E-state index in [-0.39, 0.29) is 17.4 Å². The van der Waals surface area contributed by atoms with Crippen LogP contribution in [0.4, 0.5) is 14.9 Å². The molecule has 1 aromatic rings. The molecule has 0 radical (unpaired) electrons. The van der Waals surface area contributed by atoms with Crippen molar-refractivity contribution in [3.05, 3.63) is 29.6 Å². The van der Waals surface area contributed by atoms with Crippen LogP contribution in [-0.4, -0.2) is 90.8 Å². The topological polar surface area (TPSA) is 84.4 Å². The number of likely N-dealkylation sites (tertiary alicyclic amines) is 1. The lowest BCUT2D eigenvalue weighted by atomic mass is 9.94. The van der Waals surface area contributed by atoms with Crippen LogP contribution in [0, 0.1) is 5.82 Å². The number of nitrogens with zero attached hydrogens (tertiary/aromatic N) is 4. The van der Waals surface area contributed by atoms with Gasteiger partial charge in [0.15, 0.2) is 0 Å². The van der Waals surface area contributed by atoms with Gasteiger partial charge in [-0.15, -0.1) is 0 Å². The minimum atomic E-state index is -3.17. The summed E-state index contributed by atoms with van der Waals surface area (Å²) in [5.74, 6) is -0.284. The Morgan fingerprint density at radius 2 is 1.72 bits per heavy atom. The predicted molar refractivity (Wildman–Crippen MR) is 123 cm³/mol. The Kier molecular flexibility index (Phi) is 7.36. The Labute approximate surface area is 190 Å². The third-order valence-corrected chi connectivity index (χ3v) is 7.60. The molecule has 2 heterocycles. The van der Waals surface area contributed by atoms with Crippen LogP contribution >= 0.6 is 0 Å². The first-order valence-corrected chi connectivity index (χ1v) is 12.9. The summed E-state index contributed by atoms with van der Waals surface area (Å²) >= 11 is 0. The van der Waals surface area contributed by atoms with Crippen LogP contribution in [0.3, 0.4) is 0 Å². The quantitative estimate of drug-likeness (QED) is 0.712. The van der Waals surface area contributed by atoms with Crippen LogP contribution in [0.5, 0.6) is 0 Å². The number of amides is 1. The molecular weight excluding hydrogens is 435 g/mol. The molecule has 2 fully saturated rings. The average Bonchev–Trinajstić information content (AvgIpc) is 2.69. The summed E-state index contributed by atoms with van der Waals surface area (Å²) in [6.45, 7) is 9.75. The van der Waals surface area contributed by atoms with E-state index < -0.39 is 16.1 Å². The molecule has 10 heteroatoms. The van der Waals surface area contributed by atoms with E-state index in [1.807, 2.05) is 32.9 Å². The second-order valence-electron chi connectivity index (χ2n) is 9.77. The summed E-state index contributed by atoms with van der Waals surface area (Å²) in [7, 11) is -3.17. The molecule has 0 bridgehead atoms. The van der Waals surface area contributed by atoms with E-state index in [1.54, 1.807) is 6.07 Å². The first-order valence-electron chi connectivity index (χ1n) is 11.1. The van der Waals surface area contributed by atoms with E-state index in [0.717, 1.165) is 5.56 Å². The molecule has 1 amide bonds. The van der Waals surface area contributed by atoms with E-state index in [1.165, 1.54) is 15.5 Å². The average molecular weight is 471 g/mol. The van der Waals surface area contributed by atoms with Crippen molar-refractivity contribution >= 4 is 21.8 Å². The Bertz CT molecular complexity index is 918. The monoisotopic (exact) mass is 470 g/mol. The van der Waals surface area contributed by atoms with Crippen molar-refractivity contribution in [2.75, 3.05) is 50.4 Å². The van der Waals surface area contributed by atoms with Crippen LogP contribution < -0.4 is 4.90 Å².